The van der Waals surface area contributed by atoms with Crippen LogP contribution in [0.2, 0.25) is 5.02 Å². The first-order chi connectivity index (χ1) is 11.6. The lowest BCUT2D eigenvalue weighted by atomic mass is 9.76. The number of carbonyl (C=O) groups is 1. The van der Waals surface area contributed by atoms with E-state index in [9.17, 15) is 4.79 Å². The number of hydrogen-bond donors (Lipinski definition) is 0. The van der Waals surface area contributed by atoms with Gasteiger partial charge in [-0.15, -0.1) is 0 Å². The second-order valence-corrected chi connectivity index (χ2v) is 7.43. The van der Waals surface area contributed by atoms with Crippen molar-refractivity contribution in [3.8, 4) is 0 Å². The van der Waals surface area contributed by atoms with Gasteiger partial charge in [0.25, 0.3) is 0 Å². The van der Waals surface area contributed by atoms with Crippen LogP contribution in [0.5, 0.6) is 0 Å². The van der Waals surface area contributed by atoms with Gasteiger partial charge in [-0.1, -0.05) is 23.7 Å². The first-order valence-corrected chi connectivity index (χ1v) is 8.96. The quantitative estimate of drug-likeness (QED) is 0.788. The van der Waals surface area contributed by atoms with Crippen molar-refractivity contribution < 1.29 is 4.79 Å². The highest BCUT2D eigenvalue weighted by molar-refractivity contribution is 6.31. The fourth-order valence-corrected chi connectivity index (χ4v) is 4.35. The molecule has 0 amide bonds. The van der Waals surface area contributed by atoms with Gasteiger partial charge in [-0.2, -0.15) is 0 Å². The van der Waals surface area contributed by atoms with Crippen molar-refractivity contribution in [2.24, 2.45) is 5.92 Å². The van der Waals surface area contributed by atoms with Gasteiger partial charge in [-0.05, 0) is 68.2 Å². The summed E-state index contributed by atoms with van der Waals surface area (Å²) >= 11 is 6.18. The normalized spacial score (nSPS) is 21.9. The van der Waals surface area contributed by atoms with E-state index >= 15 is 0 Å². The minimum Gasteiger partial charge on any atom is -0.306 e. The molecule has 4 heteroatoms. The first-order valence-electron chi connectivity index (χ1n) is 8.58. The largest absolute Gasteiger partial charge is 0.306 e. The fourth-order valence-electron chi connectivity index (χ4n) is 4.18. The minimum atomic E-state index is 0.150. The van der Waals surface area contributed by atoms with E-state index in [1.807, 2.05) is 30.5 Å². The van der Waals surface area contributed by atoms with E-state index in [1.54, 1.807) is 0 Å². The summed E-state index contributed by atoms with van der Waals surface area (Å²) in [6.45, 7) is 2.19. The van der Waals surface area contributed by atoms with E-state index in [4.69, 9.17) is 16.6 Å². The molecule has 1 aromatic carbocycles. The van der Waals surface area contributed by atoms with Crippen molar-refractivity contribution in [1.82, 2.24) is 9.88 Å². The first kappa shape index (κ1) is 15.8. The summed E-state index contributed by atoms with van der Waals surface area (Å²) in [5, 5.41) is 0.628. The predicted molar refractivity (Wildman–Crippen MR) is 95.8 cm³/mol. The molecule has 1 aliphatic heterocycles. The third-order valence-corrected chi connectivity index (χ3v) is 5.69. The van der Waals surface area contributed by atoms with Crippen molar-refractivity contribution in [2.75, 3.05) is 20.1 Å². The van der Waals surface area contributed by atoms with Crippen LogP contribution in [0.15, 0.2) is 36.5 Å². The molecule has 1 aliphatic carbocycles. The summed E-state index contributed by atoms with van der Waals surface area (Å²) in [5.74, 6) is 0.853. The maximum absolute atomic E-state index is 12.8. The Balaban J connectivity index is 1.87. The number of likely N-dealkylation sites (tertiary alicyclic amines) is 1. The van der Waals surface area contributed by atoms with Gasteiger partial charge in [0.15, 0.2) is 5.78 Å². The van der Waals surface area contributed by atoms with Gasteiger partial charge in [-0.25, -0.2) is 0 Å². The molecule has 1 saturated heterocycles. The molecule has 0 radical (unpaired) electrons. The molecule has 1 atom stereocenters. The van der Waals surface area contributed by atoms with Crippen molar-refractivity contribution in [2.45, 2.75) is 25.2 Å². The number of fused-ring (bicyclic) bond motifs is 2. The van der Waals surface area contributed by atoms with Crippen molar-refractivity contribution in [1.29, 1.82) is 0 Å². The lowest BCUT2D eigenvalue weighted by molar-refractivity contribution is 0.0993. The molecular formula is C20H21ClN2O. The molecule has 2 heterocycles. The van der Waals surface area contributed by atoms with Gasteiger partial charge in [0.2, 0.25) is 0 Å². The van der Waals surface area contributed by atoms with Gasteiger partial charge < -0.3 is 4.90 Å². The Morgan fingerprint density at radius 1 is 1.21 bits per heavy atom. The van der Waals surface area contributed by atoms with Gasteiger partial charge in [-0.3, -0.25) is 9.78 Å². The fraction of sp³-hybridized carbons (Fsp3) is 0.400. The SMILES string of the molecule is CN1CCC(C2c3ccc(Cl)cc3C(=O)Cc3cccnc32)CC1. The van der Waals surface area contributed by atoms with Crippen LogP contribution in [0.4, 0.5) is 0 Å². The van der Waals surface area contributed by atoms with E-state index in [-0.39, 0.29) is 11.7 Å². The molecule has 1 aromatic heterocycles. The lowest BCUT2D eigenvalue weighted by Gasteiger charge is -2.35. The average Bonchev–Trinajstić information content (AvgIpc) is 2.70. The van der Waals surface area contributed by atoms with Crippen molar-refractivity contribution in [3.63, 3.8) is 0 Å². The van der Waals surface area contributed by atoms with Crippen molar-refractivity contribution >= 4 is 17.4 Å². The Hall–Kier alpha value is -1.71. The van der Waals surface area contributed by atoms with E-state index in [0.29, 0.717) is 17.4 Å². The zero-order valence-electron chi connectivity index (χ0n) is 13.8. The molecule has 3 nitrogen and oxygen atoms in total. The summed E-state index contributed by atoms with van der Waals surface area (Å²) < 4.78 is 0. The highest BCUT2D eigenvalue weighted by atomic mass is 35.5. The monoisotopic (exact) mass is 340 g/mol. The number of carbonyl (C=O) groups excluding carboxylic acids is 1. The van der Waals surface area contributed by atoms with E-state index in [2.05, 4.69) is 18.0 Å². The minimum absolute atomic E-state index is 0.150. The second-order valence-electron chi connectivity index (χ2n) is 7.00. The zero-order valence-corrected chi connectivity index (χ0v) is 14.6. The van der Waals surface area contributed by atoms with E-state index in [0.717, 1.165) is 48.3 Å². The summed E-state index contributed by atoms with van der Waals surface area (Å²) in [6, 6.07) is 9.77. The summed E-state index contributed by atoms with van der Waals surface area (Å²) in [4.78, 5) is 19.9. The van der Waals surface area contributed by atoms with E-state index < -0.39 is 0 Å². The Bertz CT molecular complexity index is 781. The molecule has 1 unspecified atom stereocenters. The van der Waals surface area contributed by atoms with Crippen LogP contribution in [0, 0.1) is 5.92 Å². The molecule has 124 valence electrons. The van der Waals surface area contributed by atoms with Gasteiger partial charge >= 0.3 is 0 Å². The summed E-state index contributed by atoms with van der Waals surface area (Å²) in [7, 11) is 2.17. The zero-order chi connectivity index (χ0) is 16.7. The van der Waals surface area contributed by atoms with Crippen LogP contribution in [0.1, 0.15) is 45.9 Å². The number of aromatic nitrogens is 1. The van der Waals surface area contributed by atoms with Gasteiger partial charge in [0.1, 0.15) is 0 Å². The number of piperidine rings is 1. The molecule has 0 spiro atoms. The number of hydrogen-bond acceptors (Lipinski definition) is 3. The number of pyridine rings is 1. The molecule has 0 N–H and O–H groups in total. The molecule has 24 heavy (non-hydrogen) atoms. The number of Topliss-reactive ketones (excluding diaryl/α,β-unsaturated/α-hetero) is 1. The topological polar surface area (TPSA) is 33.2 Å². The third kappa shape index (κ3) is 2.76. The maximum atomic E-state index is 12.8. The molecule has 4 rings (SSSR count). The molecule has 0 bridgehead atoms. The number of benzene rings is 1. The van der Waals surface area contributed by atoms with Crippen LogP contribution in [-0.2, 0) is 6.42 Å². The molecule has 2 aromatic rings. The van der Waals surface area contributed by atoms with Crippen LogP contribution < -0.4 is 0 Å². The molecular weight excluding hydrogens is 320 g/mol. The molecule has 0 saturated carbocycles. The molecule has 1 fully saturated rings. The highest BCUT2D eigenvalue weighted by Gasteiger charge is 2.35. The standard InChI is InChI=1S/C20H21ClN2O/c1-23-9-6-13(7-10-23)19-16-5-4-15(21)12-17(16)18(24)11-14-3-2-8-22-20(14)19/h2-5,8,12-13,19H,6-7,9-11H2,1H3. The Labute approximate surface area is 147 Å². The third-order valence-electron chi connectivity index (χ3n) is 5.46. The number of rotatable bonds is 1. The van der Waals surface area contributed by atoms with Crippen LogP contribution in [-0.4, -0.2) is 35.8 Å². The van der Waals surface area contributed by atoms with Crippen LogP contribution in [0.3, 0.4) is 0 Å². The predicted octanol–water partition coefficient (Wildman–Crippen LogP) is 3.95. The Morgan fingerprint density at radius 3 is 2.79 bits per heavy atom. The summed E-state index contributed by atoms with van der Waals surface area (Å²) in [5.41, 5.74) is 4.04. The van der Waals surface area contributed by atoms with Gasteiger partial charge in [0.05, 0.1) is 5.69 Å². The lowest BCUT2D eigenvalue weighted by Crippen LogP contribution is -2.33. The highest BCUT2D eigenvalue weighted by Crippen LogP contribution is 2.42. The van der Waals surface area contributed by atoms with E-state index in [1.165, 1.54) is 0 Å². The average molecular weight is 341 g/mol. The Kier molecular flexibility index (Phi) is 4.15. The maximum Gasteiger partial charge on any atom is 0.167 e. The van der Waals surface area contributed by atoms with Crippen LogP contribution >= 0.6 is 11.6 Å². The molecule has 2 aliphatic rings. The summed E-state index contributed by atoms with van der Waals surface area (Å²) in [6.07, 6.45) is 4.53. The number of nitrogens with zero attached hydrogens (tertiary/aromatic N) is 2. The second kappa shape index (κ2) is 6.30. The number of ketones is 1. The smallest absolute Gasteiger partial charge is 0.167 e. The van der Waals surface area contributed by atoms with Gasteiger partial charge in [0, 0.05) is 29.1 Å². The van der Waals surface area contributed by atoms with Crippen LogP contribution in [0.25, 0.3) is 0 Å². The van der Waals surface area contributed by atoms with Crippen molar-refractivity contribution in [3.05, 3.63) is 63.9 Å². The number of halogens is 1. The Morgan fingerprint density at radius 2 is 2.00 bits per heavy atom.